The van der Waals surface area contributed by atoms with E-state index in [-0.39, 0.29) is 5.54 Å². The van der Waals surface area contributed by atoms with E-state index in [0.29, 0.717) is 12.0 Å². The Labute approximate surface area is 115 Å². The molecule has 0 spiro atoms. The second kappa shape index (κ2) is 3.85. The summed E-state index contributed by atoms with van der Waals surface area (Å²) in [6, 6.07) is 2.04. The Morgan fingerprint density at radius 1 is 1.21 bits per heavy atom. The topological polar surface area (TPSA) is 43.8 Å². The van der Waals surface area contributed by atoms with Gasteiger partial charge in [-0.2, -0.15) is 5.10 Å². The SMILES string of the molecule is CC(CN)(n1cccn1)C12CC3CC(CC(C3)C1)C2. The van der Waals surface area contributed by atoms with Gasteiger partial charge in [-0.1, -0.05) is 0 Å². The Bertz CT molecular complexity index is 429. The summed E-state index contributed by atoms with van der Waals surface area (Å²) in [5.74, 6) is 2.90. The second-order valence-corrected chi connectivity index (χ2v) is 7.63. The summed E-state index contributed by atoms with van der Waals surface area (Å²) in [5.41, 5.74) is 6.67. The molecular weight excluding hydrogens is 234 g/mol. The summed E-state index contributed by atoms with van der Waals surface area (Å²) in [4.78, 5) is 0. The first kappa shape index (κ1) is 12.0. The van der Waals surface area contributed by atoms with Gasteiger partial charge in [-0.25, -0.2) is 0 Å². The first-order valence-corrected chi connectivity index (χ1v) is 7.85. The first-order valence-electron chi connectivity index (χ1n) is 7.85. The van der Waals surface area contributed by atoms with Gasteiger partial charge >= 0.3 is 0 Å². The number of aromatic nitrogens is 2. The molecule has 3 heteroatoms. The minimum absolute atomic E-state index is 0.00646. The smallest absolute Gasteiger partial charge is 0.0777 e. The minimum Gasteiger partial charge on any atom is -0.328 e. The maximum Gasteiger partial charge on any atom is 0.0777 e. The van der Waals surface area contributed by atoms with E-state index in [2.05, 4.69) is 22.9 Å². The fourth-order valence-electron chi connectivity index (χ4n) is 5.88. The lowest BCUT2D eigenvalue weighted by atomic mass is 9.45. The average molecular weight is 259 g/mol. The van der Waals surface area contributed by atoms with Gasteiger partial charge in [0.15, 0.2) is 0 Å². The number of nitrogens with zero attached hydrogens (tertiary/aromatic N) is 2. The molecule has 19 heavy (non-hydrogen) atoms. The summed E-state index contributed by atoms with van der Waals surface area (Å²) in [7, 11) is 0. The molecule has 2 N–H and O–H groups in total. The molecule has 0 aliphatic heterocycles. The van der Waals surface area contributed by atoms with Crippen LogP contribution >= 0.6 is 0 Å². The highest BCUT2D eigenvalue weighted by Gasteiger charge is 2.59. The maximum atomic E-state index is 6.26. The van der Waals surface area contributed by atoms with E-state index in [1.54, 1.807) is 0 Å². The molecule has 1 unspecified atom stereocenters. The third-order valence-corrected chi connectivity index (χ3v) is 6.59. The fraction of sp³-hybridized carbons (Fsp3) is 0.812. The molecule has 1 heterocycles. The zero-order chi connectivity index (χ0) is 13.1. The summed E-state index contributed by atoms with van der Waals surface area (Å²) < 4.78 is 2.17. The fourth-order valence-corrected chi connectivity index (χ4v) is 5.88. The second-order valence-electron chi connectivity index (χ2n) is 7.63. The van der Waals surface area contributed by atoms with Crippen LogP contribution in [0.25, 0.3) is 0 Å². The van der Waals surface area contributed by atoms with Gasteiger partial charge in [0, 0.05) is 18.9 Å². The van der Waals surface area contributed by atoms with E-state index in [9.17, 15) is 0 Å². The van der Waals surface area contributed by atoms with Crippen LogP contribution in [0.4, 0.5) is 0 Å². The highest BCUT2D eigenvalue weighted by Crippen LogP contribution is 2.64. The van der Waals surface area contributed by atoms with Crippen molar-refractivity contribution in [2.24, 2.45) is 28.9 Å². The zero-order valence-electron chi connectivity index (χ0n) is 11.9. The molecule has 3 nitrogen and oxygen atoms in total. The Morgan fingerprint density at radius 2 is 1.79 bits per heavy atom. The van der Waals surface area contributed by atoms with Gasteiger partial charge in [0.1, 0.15) is 0 Å². The summed E-state index contributed by atoms with van der Waals surface area (Å²) in [6.07, 6.45) is 12.6. The molecule has 4 fully saturated rings. The van der Waals surface area contributed by atoms with Gasteiger partial charge < -0.3 is 5.73 Å². The standard InChI is InChI=1S/C16H25N3/c1-15(11-17,19-4-2-3-18-19)16-8-12-5-13(9-16)7-14(6-12)10-16/h2-4,12-14H,5-11,17H2,1H3. The molecule has 0 saturated heterocycles. The normalized spacial score (nSPS) is 43.4. The van der Waals surface area contributed by atoms with E-state index in [1.807, 2.05) is 12.3 Å². The Kier molecular flexibility index (Phi) is 2.42. The number of hydrogen-bond donors (Lipinski definition) is 1. The Hall–Kier alpha value is -0.830. The highest BCUT2D eigenvalue weighted by molar-refractivity contribution is 5.11. The average Bonchev–Trinajstić information content (AvgIpc) is 2.90. The van der Waals surface area contributed by atoms with Crippen LogP contribution in [0, 0.1) is 23.2 Å². The van der Waals surface area contributed by atoms with Crippen LogP contribution in [0.15, 0.2) is 18.5 Å². The van der Waals surface area contributed by atoms with Gasteiger partial charge in [-0.15, -0.1) is 0 Å². The molecule has 1 atom stereocenters. The van der Waals surface area contributed by atoms with Crippen molar-refractivity contribution in [3.05, 3.63) is 18.5 Å². The molecule has 4 saturated carbocycles. The number of rotatable bonds is 3. The van der Waals surface area contributed by atoms with Crippen LogP contribution in [0.2, 0.25) is 0 Å². The van der Waals surface area contributed by atoms with Crippen molar-refractivity contribution in [1.29, 1.82) is 0 Å². The van der Waals surface area contributed by atoms with Crippen molar-refractivity contribution < 1.29 is 0 Å². The van der Waals surface area contributed by atoms with Gasteiger partial charge in [0.2, 0.25) is 0 Å². The molecule has 5 rings (SSSR count). The van der Waals surface area contributed by atoms with Crippen LogP contribution in [0.5, 0.6) is 0 Å². The monoisotopic (exact) mass is 259 g/mol. The molecule has 1 aromatic rings. The van der Waals surface area contributed by atoms with Crippen molar-refractivity contribution in [1.82, 2.24) is 9.78 Å². The predicted molar refractivity (Wildman–Crippen MR) is 75.5 cm³/mol. The van der Waals surface area contributed by atoms with Crippen molar-refractivity contribution in [3.63, 3.8) is 0 Å². The summed E-state index contributed by atoms with van der Waals surface area (Å²) in [6.45, 7) is 3.06. The first-order chi connectivity index (χ1) is 9.15. The van der Waals surface area contributed by atoms with Crippen LogP contribution in [-0.2, 0) is 5.54 Å². The quantitative estimate of drug-likeness (QED) is 0.907. The molecule has 104 valence electrons. The summed E-state index contributed by atoms with van der Waals surface area (Å²) in [5, 5.41) is 4.55. The Morgan fingerprint density at radius 3 is 2.21 bits per heavy atom. The van der Waals surface area contributed by atoms with Crippen molar-refractivity contribution >= 4 is 0 Å². The molecule has 1 aromatic heterocycles. The highest BCUT2D eigenvalue weighted by atomic mass is 15.3. The minimum atomic E-state index is 0.00646. The Balaban J connectivity index is 1.77. The summed E-state index contributed by atoms with van der Waals surface area (Å²) >= 11 is 0. The van der Waals surface area contributed by atoms with Crippen LogP contribution in [0.1, 0.15) is 45.4 Å². The van der Waals surface area contributed by atoms with E-state index < -0.39 is 0 Å². The zero-order valence-corrected chi connectivity index (χ0v) is 11.9. The van der Waals surface area contributed by atoms with E-state index >= 15 is 0 Å². The molecular formula is C16H25N3. The molecule has 4 aliphatic rings. The molecule has 4 aliphatic carbocycles. The van der Waals surface area contributed by atoms with E-state index in [4.69, 9.17) is 5.73 Å². The van der Waals surface area contributed by atoms with Gasteiger partial charge in [-0.05, 0) is 74.7 Å². The number of hydrogen-bond acceptors (Lipinski definition) is 2. The lowest BCUT2D eigenvalue weighted by Gasteiger charge is -2.62. The van der Waals surface area contributed by atoms with Gasteiger partial charge in [-0.3, -0.25) is 4.68 Å². The van der Waals surface area contributed by atoms with Crippen molar-refractivity contribution in [3.8, 4) is 0 Å². The molecule has 0 radical (unpaired) electrons. The van der Waals surface area contributed by atoms with Crippen LogP contribution in [0.3, 0.4) is 0 Å². The lowest BCUT2D eigenvalue weighted by Crippen LogP contribution is -2.60. The van der Waals surface area contributed by atoms with Crippen LogP contribution in [-0.4, -0.2) is 16.3 Å². The third kappa shape index (κ3) is 1.51. The molecule has 4 bridgehead atoms. The third-order valence-electron chi connectivity index (χ3n) is 6.59. The molecule has 0 aromatic carbocycles. The van der Waals surface area contributed by atoms with E-state index in [1.165, 1.54) is 38.5 Å². The van der Waals surface area contributed by atoms with E-state index in [0.717, 1.165) is 17.8 Å². The predicted octanol–water partition coefficient (Wildman–Crippen LogP) is 2.77. The van der Waals surface area contributed by atoms with Crippen molar-refractivity contribution in [2.45, 2.75) is 51.0 Å². The number of nitrogens with two attached hydrogens (primary N) is 1. The van der Waals surface area contributed by atoms with Crippen LogP contribution < -0.4 is 5.73 Å². The van der Waals surface area contributed by atoms with Crippen molar-refractivity contribution in [2.75, 3.05) is 6.54 Å². The molecule has 0 amide bonds. The van der Waals surface area contributed by atoms with Gasteiger partial charge in [0.05, 0.1) is 5.54 Å². The van der Waals surface area contributed by atoms with Gasteiger partial charge in [0.25, 0.3) is 0 Å². The largest absolute Gasteiger partial charge is 0.328 e. The maximum absolute atomic E-state index is 6.26. The lowest BCUT2D eigenvalue weighted by molar-refractivity contribution is -0.119.